The molecule has 3 nitrogen and oxygen atoms in total. The van der Waals surface area contributed by atoms with E-state index in [2.05, 4.69) is 9.47 Å². The van der Waals surface area contributed by atoms with Crippen molar-refractivity contribution in [3.05, 3.63) is 59.2 Å². The summed E-state index contributed by atoms with van der Waals surface area (Å²) >= 11 is 0. The third kappa shape index (κ3) is 2.97. The van der Waals surface area contributed by atoms with E-state index in [-0.39, 0.29) is 5.75 Å². The number of rotatable bonds is 2. The molecule has 0 saturated heterocycles. The Kier molecular flexibility index (Phi) is 4.25. The number of halogens is 6. The second-order valence-electron chi connectivity index (χ2n) is 3.81. The number of ether oxygens (including phenoxy) is 2. The monoisotopic (exact) mass is 322 g/mol. The highest BCUT2D eigenvalue weighted by molar-refractivity contribution is 5.67. The van der Waals surface area contributed by atoms with Crippen molar-refractivity contribution >= 4 is 6.16 Å². The van der Waals surface area contributed by atoms with E-state index in [1.165, 1.54) is 0 Å². The van der Waals surface area contributed by atoms with Crippen LogP contribution in [0.1, 0.15) is 0 Å². The zero-order chi connectivity index (χ0) is 16.4. The summed E-state index contributed by atoms with van der Waals surface area (Å²) in [6.45, 7) is 0. The lowest BCUT2D eigenvalue weighted by molar-refractivity contribution is 0.146. The smallest absolute Gasteiger partial charge is 0.395 e. The van der Waals surface area contributed by atoms with Gasteiger partial charge in [-0.1, -0.05) is 0 Å². The van der Waals surface area contributed by atoms with E-state index in [9.17, 15) is 31.1 Å². The van der Waals surface area contributed by atoms with Crippen LogP contribution >= 0.6 is 0 Å². The van der Waals surface area contributed by atoms with Gasteiger partial charge in [0.05, 0.1) is 0 Å². The molecule has 0 heterocycles. The number of hydrogen-bond donors (Lipinski definition) is 0. The first-order valence-electron chi connectivity index (χ1n) is 5.48. The summed E-state index contributed by atoms with van der Waals surface area (Å²) in [5.41, 5.74) is 0. The van der Waals surface area contributed by atoms with Crippen LogP contribution in [0.2, 0.25) is 0 Å². The van der Waals surface area contributed by atoms with Crippen molar-refractivity contribution in [2.24, 2.45) is 0 Å². The summed E-state index contributed by atoms with van der Waals surface area (Å²) in [6.07, 6.45) is -1.77. The molecule has 0 fully saturated rings. The molecule has 0 aromatic heterocycles. The predicted octanol–water partition coefficient (Wildman–Crippen LogP) is 4.10. The lowest BCUT2D eigenvalue weighted by Gasteiger charge is -2.08. The van der Waals surface area contributed by atoms with E-state index < -0.39 is 46.8 Å². The SMILES string of the molecule is O=C(Oc1ccc(F)cc1)Oc1c(F)c(F)c(F)c(F)c1F. The Hall–Kier alpha value is -2.71. The van der Waals surface area contributed by atoms with Gasteiger partial charge in [0.15, 0.2) is 0 Å². The predicted molar refractivity (Wildman–Crippen MR) is 59.3 cm³/mol. The minimum absolute atomic E-state index is 0.268. The topological polar surface area (TPSA) is 35.5 Å². The average Bonchev–Trinajstić information content (AvgIpc) is 2.50. The molecule has 0 saturated carbocycles. The Labute approximate surface area is 118 Å². The number of carbonyl (C=O) groups excluding carboxylic acids is 1. The van der Waals surface area contributed by atoms with Crippen LogP contribution in [0, 0.1) is 34.9 Å². The molecule has 0 N–H and O–H groups in total. The summed E-state index contributed by atoms with van der Waals surface area (Å²) in [7, 11) is 0. The zero-order valence-electron chi connectivity index (χ0n) is 10.3. The molecule has 116 valence electrons. The molecule has 9 heteroatoms. The van der Waals surface area contributed by atoms with E-state index in [0.717, 1.165) is 24.3 Å². The van der Waals surface area contributed by atoms with Gasteiger partial charge >= 0.3 is 6.16 Å². The summed E-state index contributed by atoms with van der Waals surface area (Å²) in [5, 5.41) is 0. The van der Waals surface area contributed by atoms with Crippen LogP contribution in [-0.4, -0.2) is 6.16 Å². The Morgan fingerprint density at radius 3 is 1.64 bits per heavy atom. The van der Waals surface area contributed by atoms with Crippen molar-refractivity contribution in [3.8, 4) is 11.5 Å². The van der Waals surface area contributed by atoms with Crippen LogP contribution in [-0.2, 0) is 0 Å². The molecule has 0 aliphatic rings. The number of hydrogen-bond acceptors (Lipinski definition) is 3. The molecule has 0 amide bonds. The first kappa shape index (κ1) is 15.7. The van der Waals surface area contributed by atoms with Crippen molar-refractivity contribution in [1.29, 1.82) is 0 Å². The van der Waals surface area contributed by atoms with E-state index in [1.807, 2.05) is 0 Å². The Morgan fingerprint density at radius 2 is 1.14 bits per heavy atom. The Balaban J connectivity index is 2.24. The molecule has 0 unspecified atom stereocenters. The third-order valence-electron chi connectivity index (χ3n) is 2.37. The Bertz CT molecular complexity index is 701. The standard InChI is InChI=1S/C13H4F6O3/c14-5-1-3-6(4-2-5)21-13(20)22-12-10(18)8(16)7(15)9(17)11(12)19/h1-4H. The molecule has 2 aromatic rings. The Morgan fingerprint density at radius 1 is 0.682 bits per heavy atom. The lowest BCUT2D eigenvalue weighted by Crippen LogP contribution is -2.17. The highest BCUT2D eigenvalue weighted by Crippen LogP contribution is 2.29. The van der Waals surface area contributed by atoms with Crippen LogP contribution in [0.3, 0.4) is 0 Å². The van der Waals surface area contributed by atoms with Crippen molar-refractivity contribution in [2.75, 3.05) is 0 Å². The van der Waals surface area contributed by atoms with Crippen LogP contribution in [0.5, 0.6) is 11.5 Å². The van der Waals surface area contributed by atoms with Crippen LogP contribution in [0.25, 0.3) is 0 Å². The maximum absolute atomic E-state index is 13.3. The van der Waals surface area contributed by atoms with Crippen LogP contribution in [0.15, 0.2) is 24.3 Å². The van der Waals surface area contributed by atoms with Gasteiger partial charge in [0.25, 0.3) is 0 Å². The van der Waals surface area contributed by atoms with E-state index in [1.54, 1.807) is 0 Å². The minimum Gasteiger partial charge on any atom is -0.395 e. The molecule has 0 aliphatic carbocycles. The second kappa shape index (κ2) is 5.96. The molecule has 2 aromatic carbocycles. The average molecular weight is 322 g/mol. The summed E-state index contributed by atoms with van der Waals surface area (Å²) in [4.78, 5) is 11.3. The molecule has 0 spiro atoms. The number of benzene rings is 2. The number of carbonyl (C=O) groups is 1. The summed E-state index contributed by atoms with van der Waals surface area (Å²) in [6, 6.07) is 3.77. The van der Waals surface area contributed by atoms with Gasteiger partial charge in [-0.3, -0.25) is 0 Å². The maximum Gasteiger partial charge on any atom is 0.519 e. The molecule has 0 radical (unpaired) electrons. The van der Waals surface area contributed by atoms with E-state index in [0.29, 0.717) is 0 Å². The fraction of sp³-hybridized carbons (Fsp3) is 0. The lowest BCUT2D eigenvalue weighted by atomic mass is 10.3. The van der Waals surface area contributed by atoms with Crippen LogP contribution in [0.4, 0.5) is 31.1 Å². The van der Waals surface area contributed by atoms with Gasteiger partial charge in [-0.2, -0.15) is 8.78 Å². The molecular weight excluding hydrogens is 318 g/mol. The van der Waals surface area contributed by atoms with Gasteiger partial charge in [-0.15, -0.1) is 0 Å². The van der Waals surface area contributed by atoms with Gasteiger partial charge < -0.3 is 9.47 Å². The second-order valence-corrected chi connectivity index (χ2v) is 3.81. The molecule has 0 atom stereocenters. The molecule has 22 heavy (non-hydrogen) atoms. The van der Waals surface area contributed by atoms with Gasteiger partial charge in [0.2, 0.25) is 34.8 Å². The van der Waals surface area contributed by atoms with Crippen LogP contribution < -0.4 is 9.47 Å². The third-order valence-corrected chi connectivity index (χ3v) is 2.37. The molecule has 2 rings (SSSR count). The first-order valence-corrected chi connectivity index (χ1v) is 5.48. The fourth-order valence-electron chi connectivity index (χ4n) is 1.38. The molecular formula is C13H4F6O3. The molecule has 0 bridgehead atoms. The maximum atomic E-state index is 13.3. The van der Waals surface area contributed by atoms with Gasteiger partial charge in [-0.05, 0) is 24.3 Å². The van der Waals surface area contributed by atoms with Crippen molar-refractivity contribution in [2.45, 2.75) is 0 Å². The highest BCUT2D eigenvalue weighted by atomic mass is 19.2. The highest BCUT2D eigenvalue weighted by Gasteiger charge is 2.29. The summed E-state index contributed by atoms with van der Waals surface area (Å²) < 4.78 is 86.0. The van der Waals surface area contributed by atoms with Crippen molar-refractivity contribution < 1.29 is 40.6 Å². The van der Waals surface area contributed by atoms with Crippen molar-refractivity contribution in [3.63, 3.8) is 0 Å². The largest absolute Gasteiger partial charge is 0.519 e. The van der Waals surface area contributed by atoms with Crippen molar-refractivity contribution in [1.82, 2.24) is 0 Å². The normalized spacial score (nSPS) is 10.5. The van der Waals surface area contributed by atoms with E-state index in [4.69, 9.17) is 0 Å². The van der Waals surface area contributed by atoms with E-state index >= 15 is 0 Å². The van der Waals surface area contributed by atoms with Gasteiger partial charge in [-0.25, -0.2) is 22.4 Å². The van der Waals surface area contributed by atoms with Gasteiger partial charge in [0, 0.05) is 0 Å². The summed E-state index contributed by atoms with van der Waals surface area (Å²) in [5.74, 6) is -14.3. The quantitative estimate of drug-likeness (QED) is 0.275. The minimum atomic E-state index is -2.39. The fourth-order valence-corrected chi connectivity index (χ4v) is 1.38. The zero-order valence-corrected chi connectivity index (χ0v) is 10.3. The first-order chi connectivity index (χ1) is 10.3. The molecule has 0 aliphatic heterocycles. The van der Waals surface area contributed by atoms with Gasteiger partial charge in [0.1, 0.15) is 11.6 Å².